The predicted octanol–water partition coefficient (Wildman–Crippen LogP) is 1.03. The van der Waals surface area contributed by atoms with Gasteiger partial charge in [-0.25, -0.2) is 0 Å². The summed E-state index contributed by atoms with van der Waals surface area (Å²) in [6.45, 7) is 1.72. The van der Waals surface area contributed by atoms with Gasteiger partial charge in [-0.2, -0.15) is 0 Å². The molecule has 0 aromatic carbocycles. The van der Waals surface area contributed by atoms with E-state index in [1.807, 2.05) is 0 Å². The zero-order valence-electron chi connectivity index (χ0n) is 5.76. The minimum Gasteiger partial charge on any atom is -0.298 e. The smallest absolute Gasteiger partial charge is 0.162 e. The first-order valence-corrected chi connectivity index (χ1v) is 3.11. The highest BCUT2D eigenvalue weighted by atomic mass is 16.1. The van der Waals surface area contributed by atoms with Crippen LogP contribution in [-0.4, -0.2) is 12.1 Å². The first-order valence-electron chi connectivity index (χ1n) is 3.11. The minimum absolute atomic E-state index is 0.102. The molecule has 0 heterocycles. The summed E-state index contributed by atoms with van der Waals surface area (Å²) < 4.78 is 0. The molecule has 0 fully saturated rings. The van der Waals surface area contributed by atoms with Crippen LogP contribution in [0.3, 0.4) is 0 Å². The van der Waals surface area contributed by atoms with E-state index in [2.05, 4.69) is 0 Å². The van der Waals surface area contributed by atoms with Crippen molar-refractivity contribution in [2.45, 2.75) is 13.3 Å². The highest BCUT2D eigenvalue weighted by Gasteiger charge is 2.08. The maximum atomic E-state index is 10.8. The highest BCUT2D eigenvalue weighted by molar-refractivity contribution is 6.00. The molecule has 0 bridgehead atoms. The molecule has 52 valence electrons. The summed E-state index contributed by atoms with van der Waals surface area (Å²) in [5.74, 6) is 0.102. The van der Waals surface area contributed by atoms with Gasteiger partial charge in [0.05, 0.1) is 0 Å². The number of carbonyl (C=O) groups is 2. The Morgan fingerprint density at radius 2 is 2.30 bits per heavy atom. The molecule has 0 unspecified atom stereocenters. The van der Waals surface area contributed by atoms with Gasteiger partial charge in [0.1, 0.15) is 6.29 Å². The number of ketones is 1. The van der Waals surface area contributed by atoms with E-state index in [0.29, 0.717) is 17.6 Å². The molecule has 0 amide bonds. The second kappa shape index (κ2) is 2.60. The van der Waals surface area contributed by atoms with Crippen molar-refractivity contribution < 1.29 is 9.59 Å². The largest absolute Gasteiger partial charge is 0.298 e. The van der Waals surface area contributed by atoms with E-state index in [0.717, 1.165) is 6.29 Å². The first-order chi connectivity index (χ1) is 4.74. The van der Waals surface area contributed by atoms with Gasteiger partial charge in [-0.3, -0.25) is 9.59 Å². The van der Waals surface area contributed by atoms with Crippen LogP contribution < -0.4 is 0 Å². The average molecular weight is 136 g/mol. The van der Waals surface area contributed by atoms with Crippen molar-refractivity contribution in [1.29, 1.82) is 0 Å². The maximum absolute atomic E-state index is 10.8. The normalized spacial score (nSPS) is 17.9. The predicted molar refractivity (Wildman–Crippen MR) is 37.5 cm³/mol. The van der Waals surface area contributed by atoms with Crippen LogP contribution in [0.25, 0.3) is 0 Å². The Kier molecular flexibility index (Phi) is 1.81. The summed E-state index contributed by atoms with van der Waals surface area (Å²) in [7, 11) is 0. The first kappa shape index (κ1) is 6.93. The van der Waals surface area contributed by atoms with Crippen molar-refractivity contribution in [1.82, 2.24) is 0 Å². The molecule has 0 radical (unpaired) electrons. The van der Waals surface area contributed by atoms with Crippen LogP contribution in [0.4, 0.5) is 0 Å². The lowest BCUT2D eigenvalue weighted by atomic mass is 10.0. The van der Waals surface area contributed by atoms with Crippen LogP contribution >= 0.6 is 0 Å². The van der Waals surface area contributed by atoms with Crippen molar-refractivity contribution in [3.05, 3.63) is 23.3 Å². The Balaban J connectivity index is 2.89. The summed E-state index contributed by atoms with van der Waals surface area (Å²) in [4.78, 5) is 21.0. The van der Waals surface area contributed by atoms with E-state index < -0.39 is 0 Å². The van der Waals surface area contributed by atoms with E-state index in [1.54, 1.807) is 19.1 Å². The highest BCUT2D eigenvalue weighted by Crippen LogP contribution is 2.11. The molecule has 1 rings (SSSR count). The summed E-state index contributed by atoms with van der Waals surface area (Å²) in [5.41, 5.74) is 1.28. The molecule has 1 aliphatic rings. The van der Waals surface area contributed by atoms with Gasteiger partial charge in [0.2, 0.25) is 0 Å². The summed E-state index contributed by atoms with van der Waals surface area (Å²) in [6, 6.07) is 0. The zero-order chi connectivity index (χ0) is 7.56. The van der Waals surface area contributed by atoms with Gasteiger partial charge >= 0.3 is 0 Å². The quantitative estimate of drug-likeness (QED) is 0.504. The van der Waals surface area contributed by atoms with Crippen LogP contribution in [0.1, 0.15) is 13.3 Å². The molecule has 10 heavy (non-hydrogen) atoms. The van der Waals surface area contributed by atoms with Crippen LogP contribution in [0.2, 0.25) is 0 Å². The number of Topliss-reactive ketones (excluding diaryl/α,β-unsaturated/α-hetero) is 1. The monoisotopic (exact) mass is 136 g/mol. The van der Waals surface area contributed by atoms with Crippen molar-refractivity contribution in [3.8, 4) is 0 Å². The van der Waals surface area contributed by atoms with Gasteiger partial charge < -0.3 is 0 Å². The molecule has 0 aromatic rings. The van der Waals surface area contributed by atoms with Crippen LogP contribution in [0.15, 0.2) is 23.3 Å². The molecule has 0 N–H and O–H groups in total. The van der Waals surface area contributed by atoms with Gasteiger partial charge in [0.25, 0.3) is 0 Å². The van der Waals surface area contributed by atoms with Crippen molar-refractivity contribution in [3.63, 3.8) is 0 Å². The Morgan fingerprint density at radius 1 is 1.60 bits per heavy atom. The lowest BCUT2D eigenvalue weighted by Crippen LogP contribution is -2.03. The van der Waals surface area contributed by atoms with E-state index in [9.17, 15) is 9.59 Å². The van der Waals surface area contributed by atoms with Crippen molar-refractivity contribution in [2.24, 2.45) is 0 Å². The number of rotatable bonds is 1. The molecular formula is C8H8O2. The third kappa shape index (κ3) is 1.21. The minimum atomic E-state index is 0.102. The van der Waals surface area contributed by atoms with Gasteiger partial charge in [0, 0.05) is 12.0 Å². The van der Waals surface area contributed by atoms with Crippen LogP contribution in [0, 0.1) is 0 Å². The van der Waals surface area contributed by atoms with Gasteiger partial charge in [0.15, 0.2) is 5.78 Å². The number of hydrogen-bond acceptors (Lipinski definition) is 2. The molecule has 2 nitrogen and oxygen atoms in total. The fourth-order valence-corrected chi connectivity index (χ4v) is 0.843. The topological polar surface area (TPSA) is 34.1 Å². The Hall–Kier alpha value is -1.18. The lowest BCUT2D eigenvalue weighted by molar-refractivity contribution is -0.114. The van der Waals surface area contributed by atoms with E-state index in [1.165, 1.54) is 0 Å². The van der Waals surface area contributed by atoms with Gasteiger partial charge in [-0.15, -0.1) is 0 Å². The van der Waals surface area contributed by atoms with Gasteiger partial charge in [-0.05, 0) is 18.6 Å². The van der Waals surface area contributed by atoms with Crippen molar-refractivity contribution in [2.75, 3.05) is 0 Å². The van der Waals surface area contributed by atoms with E-state index in [-0.39, 0.29) is 5.78 Å². The molecule has 0 spiro atoms. The van der Waals surface area contributed by atoms with E-state index >= 15 is 0 Å². The SMILES string of the molecule is CC1=CC(C=O)=CCC1=O. The van der Waals surface area contributed by atoms with E-state index in [4.69, 9.17) is 0 Å². The second-order valence-electron chi connectivity index (χ2n) is 2.28. The molecule has 2 heteroatoms. The standard InChI is InChI=1S/C8H8O2/c1-6-4-7(5-9)2-3-8(6)10/h2,4-5H,3H2,1H3. The number of hydrogen-bond donors (Lipinski definition) is 0. The third-order valence-corrected chi connectivity index (χ3v) is 1.48. The Bertz CT molecular complexity index is 234. The van der Waals surface area contributed by atoms with Gasteiger partial charge in [-0.1, -0.05) is 6.08 Å². The molecule has 0 saturated heterocycles. The molecule has 0 atom stereocenters. The summed E-state index contributed by atoms with van der Waals surface area (Å²) in [6.07, 6.45) is 4.38. The number of carbonyl (C=O) groups excluding carboxylic acids is 2. The third-order valence-electron chi connectivity index (χ3n) is 1.48. The molecule has 0 aromatic heterocycles. The molecule has 0 saturated carbocycles. The van der Waals surface area contributed by atoms with Crippen LogP contribution in [-0.2, 0) is 9.59 Å². The number of aldehydes is 1. The molecular weight excluding hydrogens is 128 g/mol. The van der Waals surface area contributed by atoms with Crippen molar-refractivity contribution >= 4 is 12.1 Å². The Morgan fingerprint density at radius 3 is 2.80 bits per heavy atom. The number of allylic oxidation sites excluding steroid dienone is 4. The summed E-state index contributed by atoms with van der Waals surface area (Å²) >= 11 is 0. The molecule has 0 aliphatic heterocycles. The maximum Gasteiger partial charge on any atom is 0.162 e. The van der Waals surface area contributed by atoms with Crippen LogP contribution in [0.5, 0.6) is 0 Å². The Labute approximate surface area is 59.2 Å². The lowest BCUT2D eigenvalue weighted by Gasteiger charge is -2.03. The second-order valence-corrected chi connectivity index (χ2v) is 2.28. The average Bonchev–Trinajstić information content (AvgIpc) is 1.95. The fourth-order valence-electron chi connectivity index (χ4n) is 0.843. The fraction of sp³-hybridized carbons (Fsp3) is 0.250. The summed E-state index contributed by atoms with van der Waals surface area (Å²) in [5, 5.41) is 0. The molecule has 1 aliphatic carbocycles. The zero-order valence-corrected chi connectivity index (χ0v) is 5.76.